The summed E-state index contributed by atoms with van der Waals surface area (Å²) in [7, 11) is 5.70. The molecule has 1 N–H and O–H groups in total. The molecule has 0 aliphatic carbocycles. The molecule has 4 nitrogen and oxygen atoms in total. The van der Waals surface area contributed by atoms with Crippen molar-refractivity contribution >= 4 is 17.2 Å². The zero-order chi connectivity index (χ0) is 15.9. The third-order valence-electron chi connectivity index (χ3n) is 3.45. The summed E-state index contributed by atoms with van der Waals surface area (Å²) in [6.45, 7) is 1.09. The van der Waals surface area contributed by atoms with Gasteiger partial charge in [0, 0.05) is 24.1 Å². The molecule has 118 valence electrons. The van der Waals surface area contributed by atoms with Crippen LogP contribution in [0.15, 0.2) is 41.8 Å². The van der Waals surface area contributed by atoms with Crippen molar-refractivity contribution in [2.75, 3.05) is 27.7 Å². The molecule has 0 saturated carbocycles. The number of benzene rings is 1. The van der Waals surface area contributed by atoms with E-state index in [1.807, 2.05) is 44.4 Å². The number of likely N-dealkylation sites (N-methyl/N-ethyl adjacent to an activating group) is 1. The number of nitrogens with one attached hydrogen (secondary N) is 1. The van der Waals surface area contributed by atoms with E-state index in [1.165, 1.54) is 4.88 Å². The van der Waals surface area contributed by atoms with Crippen LogP contribution < -0.4 is 5.32 Å². The molecule has 1 aromatic heterocycles. The summed E-state index contributed by atoms with van der Waals surface area (Å²) in [5.41, 5.74) is 1.66. The fourth-order valence-electron chi connectivity index (χ4n) is 2.28. The third kappa shape index (κ3) is 4.40. The Morgan fingerprint density at radius 2 is 2.14 bits per heavy atom. The number of hydrogen-bond acceptors (Lipinski definition) is 4. The van der Waals surface area contributed by atoms with Gasteiger partial charge in [-0.15, -0.1) is 11.3 Å². The molecular weight excluding hydrogens is 296 g/mol. The van der Waals surface area contributed by atoms with Crippen LogP contribution in [0.25, 0.3) is 0 Å². The van der Waals surface area contributed by atoms with E-state index in [2.05, 4.69) is 21.7 Å². The van der Waals surface area contributed by atoms with Crippen molar-refractivity contribution in [1.82, 2.24) is 10.2 Å². The van der Waals surface area contributed by atoms with Crippen LogP contribution in [-0.2, 0) is 11.3 Å². The van der Waals surface area contributed by atoms with Crippen LogP contribution in [0.1, 0.15) is 26.8 Å². The van der Waals surface area contributed by atoms with Crippen LogP contribution >= 0.6 is 11.3 Å². The van der Waals surface area contributed by atoms with Crippen LogP contribution in [0.2, 0.25) is 0 Å². The summed E-state index contributed by atoms with van der Waals surface area (Å²) >= 11 is 1.71. The summed E-state index contributed by atoms with van der Waals surface area (Å²) in [4.78, 5) is 15.7. The average molecular weight is 318 g/mol. The molecule has 2 aromatic rings. The molecule has 0 saturated heterocycles. The first kappa shape index (κ1) is 16.7. The first-order valence-electron chi connectivity index (χ1n) is 7.17. The summed E-state index contributed by atoms with van der Waals surface area (Å²) in [5.74, 6) is -0.0543. The fourth-order valence-corrected chi connectivity index (χ4v) is 3.20. The predicted octanol–water partition coefficient (Wildman–Crippen LogP) is 2.93. The van der Waals surface area contributed by atoms with Crippen LogP contribution in [0.4, 0.5) is 0 Å². The summed E-state index contributed by atoms with van der Waals surface area (Å²) < 4.78 is 5.10. The minimum atomic E-state index is -0.0543. The molecule has 0 aliphatic heterocycles. The van der Waals surface area contributed by atoms with Crippen LogP contribution in [-0.4, -0.2) is 38.6 Å². The van der Waals surface area contributed by atoms with Crippen molar-refractivity contribution in [2.45, 2.75) is 12.6 Å². The van der Waals surface area contributed by atoms with E-state index >= 15 is 0 Å². The second kappa shape index (κ2) is 8.08. The lowest BCUT2D eigenvalue weighted by molar-refractivity contribution is 0.0942. The number of amides is 1. The maximum atomic E-state index is 12.3. The van der Waals surface area contributed by atoms with Crippen molar-refractivity contribution < 1.29 is 9.53 Å². The molecule has 0 radical (unpaired) electrons. The van der Waals surface area contributed by atoms with Crippen LogP contribution in [0.5, 0.6) is 0 Å². The standard InChI is InChI=1S/C17H22N2O2S/c1-19(2)15(16-8-5-9-22-16)11-18-17(20)14-7-4-6-13(10-14)12-21-3/h4-10,15H,11-12H2,1-3H3,(H,18,20). The van der Waals surface area contributed by atoms with E-state index in [9.17, 15) is 4.79 Å². The number of hydrogen-bond donors (Lipinski definition) is 1. The van der Waals surface area contributed by atoms with E-state index in [0.29, 0.717) is 18.7 Å². The predicted molar refractivity (Wildman–Crippen MR) is 90.2 cm³/mol. The molecule has 1 aromatic carbocycles. The maximum absolute atomic E-state index is 12.3. The maximum Gasteiger partial charge on any atom is 0.251 e. The fraction of sp³-hybridized carbons (Fsp3) is 0.353. The minimum Gasteiger partial charge on any atom is -0.380 e. The van der Waals surface area contributed by atoms with Gasteiger partial charge in [0.15, 0.2) is 0 Å². The van der Waals surface area contributed by atoms with Crippen molar-refractivity contribution in [1.29, 1.82) is 0 Å². The second-order valence-corrected chi connectivity index (χ2v) is 6.32. The molecule has 0 fully saturated rings. The molecule has 1 unspecified atom stereocenters. The Morgan fingerprint density at radius 1 is 1.32 bits per heavy atom. The summed E-state index contributed by atoms with van der Waals surface area (Å²) in [6.07, 6.45) is 0. The highest BCUT2D eigenvalue weighted by atomic mass is 32.1. The van der Waals surface area contributed by atoms with Crippen molar-refractivity contribution in [3.8, 4) is 0 Å². The van der Waals surface area contributed by atoms with Gasteiger partial charge in [-0.25, -0.2) is 0 Å². The summed E-state index contributed by atoms with van der Waals surface area (Å²) in [5, 5.41) is 5.08. The van der Waals surface area contributed by atoms with Crippen LogP contribution in [0, 0.1) is 0 Å². The molecule has 1 amide bonds. The second-order valence-electron chi connectivity index (χ2n) is 5.34. The van der Waals surface area contributed by atoms with Gasteiger partial charge in [-0.3, -0.25) is 4.79 Å². The highest BCUT2D eigenvalue weighted by Crippen LogP contribution is 2.22. The molecular formula is C17H22N2O2S. The topological polar surface area (TPSA) is 41.6 Å². The number of methoxy groups -OCH3 is 1. The van der Waals surface area contributed by atoms with E-state index in [0.717, 1.165) is 5.56 Å². The minimum absolute atomic E-state index is 0.0543. The largest absolute Gasteiger partial charge is 0.380 e. The molecule has 1 heterocycles. The number of carbonyl (C=O) groups is 1. The Bertz CT molecular complexity index is 596. The number of rotatable bonds is 7. The van der Waals surface area contributed by atoms with Crippen molar-refractivity contribution in [3.63, 3.8) is 0 Å². The van der Waals surface area contributed by atoms with Gasteiger partial charge >= 0.3 is 0 Å². The highest BCUT2D eigenvalue weighted by Gasteiger charge is 2.16. The monoisotopic (exact) mass is 318 g/mol. The van der Waals surface area contributed by atoms with Gasteiger partial charge in [-0.05, 0) is 43.2 Å². The molecule has 0 bridgehead atoms. The first-order valence-corrected chi connectivity index (χ1v) is 8.05. The molecule has 1 atom stereocenters. The Hall–Kier alpha value is -1.69. The van der Waals surface area contributed by atoms with Gasteiger partial charge in [0.1, 0.15) is 0 Å². The smallest absolute Gasteiger partial charge is 0.251 e. The Morgan fingerprint density at radius 3 is 2.77 bits per heavy atom. The van der Waals surface area contributed by atoms with Gasteiger partial charge in [0.25, 0.3) is 5.91 Å². The lowest BCUT2D eigenvalue weighted by Crippen LogP contribution is -2.34. The number of carbonyl (C=O) groups excluding carboxylic acids is 1. The quantitative estimate of drug-likeness (QED) is 0.853. The van der Waals surface area contributed by atoms with Gasteiger partial charge in [0.05, 0.1) is 12.6 Å². The molecule has 22 heavy (non-hydrogen) atoms. The Balaban J connectivity index is 2.00. The normalized spacial score (nSPS) is 12.4. The number of nitrogens with zero attached hydrogens (tertiary/aromatic N) is 1. The van der Waals surface area contributed by atoms with Crippen molar-refractivity contribution in [2.24, 2.45) is 0 Å². The average Bonchev–Trinajstić information content (AvgIpc) is 3.01. The molecule has 0 spiro atoms. The molecule has 0 aliphatic rings. The van der Waals surface area contributed by atoms with E-state index in [-0.39, 0.29) is 11.9 Å². The zero-order valence-electron chi connectivity index (χ0n) is 13.2. The Kier molecular flexibility index (Phi) is 6.12. The van der Waals surface area contributed by atoms with Gasteiger partial charge in [0.2, 0.25) is 0 Å². The third-order valence-corrected chi connectivity index (χ3v) is 4.42. The van der Waals surface area contributed by atoms with Gasteiger partial charge in [-0.1, -0.05) is 18.2 Å². The molecule has 2 rings (SSSR count). The lowest BCUT2D eigenvalue weighted by Gasteiger charge is -2.23. The Labute approximate surface area is 135 Å². The van der Waals surface area contributed by atoms with E-state index < -0.39 is 0 Å². The van der Waals surface area contributed by atoms with Gasteiger partial charge < -0.3 is 15.0 Å². The van der Waals surface area contributed by atoms with Gasteiger partial charge in [-0.2, -0.15) is 0 Å². The SMILES string of the molecule is COCc1cccc(C(=O)NCC(c2cccs2)N(C)C)c1. The van der Waals surface area contributed by atoms with Crippen LogP contribution in [0.3, 0.4) is 0 Å². The summed E-state index contributed by atoms with van der Waals surface area (Å²) in [6, 6.07) is 11.8. The highest BCUT2D eigenvalue weighted by molar-refractivity contribution is 7.10. The van der Waals surface area contributed by atoms with E-state index in [4.69, 9.17) is 4.74 Å². The molecule has 5 heteroatoms. The first-order chi connectivity index (χ1) is 10.6. The number of thiophene rings is 1. The van der Waals surface area contributed by atoms with Crippen molar-refractivity contribution in [3.05, 3.63) is 57.8 Å². The zero-order valence-corrected chi connectivity index (χ0v) is 14.0. The van der Waals surface area contributed by atoms with E-state index in [1.54, 1.807) is 18.4 Å². The number of ether oxygens (including phenoxy) is 1. The lowest BCUT2D eigenvalue weighted by atomic mass is 10.1.